The Balaban J connectivity index is 2.73. The molecule has 1 aromatic heterocycles. The van der Waals surface area contributed by atoms with Gasteiger partial charge in [0.1, 0.15) is 0 Å². The highest BCUT2D eigenvalue weighted by Crippen LogP contribution is 2.27. The highest BCUT2D eigenvalue weighted by atomic mass is 35.5. The molecule has 1 heterocycles. The highest BCUT2D eigenvalue weighted by molar-refractivity contribution is 6.31. The smallest absolute Gasteiger partial charge is 0.0752 e. The third kappa shape index (κ3) is 1.90. The molecule has 0 saturated heterocycles. The quantitative estimate of drug-likeness (QED) is 0.836. The number of pyridine rings is 1. The van der Waals surface area contributed by atoms with Gasteiger partial charge in [0.15, 0.2) is 0 Å². The molecule has 3 heteroatoms. The summed E-state index contributed by atoms with van der Waals surface area (Å²) in [6.07, 6.45) is 1.82. The van der Waals surface area contributed by atoms with Gasteiger partial charge in [0.2, 0.25) is 0 Å². The Morgan fingerprint density at radius 1 is 1.40 bits per heavy atom. The van der Waals surface area contributed by atoms with Crippen LogP contribution < -0.4 is 5.32 Å². The van der Waals surface area contributed by atoms with Crippen LogP contribution in [0.5, 0.6) is 0 Å². The number of hydrogen-bond donors (Lipinski definition) is 1. The van der Waals surface area contributed by atoms with Gasteiger partial charge in [-0.2, -0.15) is 0 Å². The summed E-state index contributed by atoms with van der Waals surface area (Å²) in [4.78, 5) is 4.37. The van der Waals surface area contributed by atoms with E-state index in [1.54, 1.807) is 0 Å². The van der Waals surface area contributed by atoms with Crippen molar-refractivity contribution in [2.75, 3.05) is 11.9 Å². The maximum atomic E-state index is 6.04. The van der Waals surface area contributed by atoms with E-state index in [4.69, 9.17) is 11.6 Å². The molecule has 78 valence electrons. The molecule has 15 heavy (non-hydrogen) atoms. The monoisotopic (exact) mass is 220 g/mol. The summed E-state index contributed by atoms with van der Waals surface area (Å²) in [6.45, 7) is 4.99. The van der Waals surface area contributed by atoms with Crippen molar-refractivity contribution < 1.29 is 0 Å². The summed E-state index contributed by atoms with van der Waals surface area (Å²) in [5.41, 5.74) is 3.21. The fourth-order valence-corrected chi connectivity index (χ4v) is 2.01. The van der Waals surface area contributed by atoms with Crippen LogP contribution in [0.3, 0.4) is 0 Å². The average molecular weight is 221 g/mol. The van der Waals surface area contributed by atoms with Crippen LogP contribution in [0.1, 0.15) is 12.5 Å². The van der Waals surface area contributed by atoms with Crippen molar-refractivity contribution in [1.29, 1.82) is 0 Å². The molecular formula is C12H13ClN2. The largest absolute Gasteiger partial charge is 0.385 e. The SMILES string of the molecule is CCNc1ccnc2c(C)cc(Cl)cc12. The Hall–Kier alpha value is -1.28. The Labute approximate surface area is 94.3 Å². The molecule has 1 N–H and O–H groups in total. The van der Waals surface area contributed by atoms with Gasteiger partial charge in [-0.1, -0.05) is 11.6 Å². The fourth-order valence-electron chi connectivity index (χ4n) is 1.73. The number of fused-ring (bicyclic) bond motifs is 1. The van der Waals surface area contributed by atoms with Crippen LogP contribution in [0.25, 0.3) is 10.9 Å². The van der Waals surface area contributed by atoms with E-state index in [-0.39, 0.29) is 0 Å². The van der Waals surface area contributed by atoms with Gasteiger partial charge < -0.3 is 5.32 Å². The average Bonchev–Trinajstić information content (AvgIpc) is 2.19. The number of rotatable bonds is 2. The molecule has 0 aliphatic heterocycles. The molecule has 0 fully saturated rings. The summed E-state index contributed by atoms with van der Waals surface area (Å²) >= 11 is 6.04. The van der Waals surface area contributed by atoms with Crippen molar-refractivity contribution in [2.24, 2.45) is 0 Å². The number of aryl methyl sites for hydroxylation is 1. The third-order valence-corrected chi connectivity index (χ3v) is 2.59. The van der Waals surface area contributed by atoms with Crippen molar-refractivity contribution in [3.63, 3.8) is 0 Å². The number of hydrogen-bond acceptors (Lipinski definition) is 2. The number of anilines is 1. The highest BCUT2D eigenvalue weighted by Gasteiger charge is 2.04. The second-order valence-corrected chi connectivity index (χ2v) is 3.94. The van der Waals surface area contributed by atoms with Crippen LogP contribution in [-0.4, -0.2) is 11.5 Å². The zero-order valence-corrected chi connectivity index (χ0v) is 9.60. The lowest BCUT2D eigenvalue weighted by Gasteiger charge is -2.09. The van der Waals surface area contributed by atoms with Gasteiger partial charge in [0.05, 0.1) is 5.52 Å². The Kier molecular flexibility index (Phi) is 2.78. The second kappa shape index (κ2) is 4.07. The van der Waals surface area contributed by atoms with E-state index in [9.17, 15) is 0 Å². The first-order valence-electron chi connectivity index (χ1n) is 5.01. The Morgan fingerprint density at radius 2 is 2.20 bits per heavy atom. The van der Waals surface area contributed by atoms with Crippen molar-refractivity contribution in [2.45, 2.75) is 13.8 Å². The predicted octanol–water partition coefficient (Wildman–Crippen LogP) is 3.63. The normalized spacial score (nSPS) is 10.6. The van der Waals surface area contributed by atoms with Crippen LogP contribution in [0.4, 0.5) is 5.69 Å². The van der Waals surface area contributed by atoms with Gasteiger partial charge in [-0.25, -0.2) is 0 Å². The minimum Gasteiger partial charge on any atom is -0.385 e. The van der Waals surface area contributed by atoms with Gasteiger partial charge in [-0.15, -0.1) is 0 Å². The Bertz CT molecular complexity index is 494. The van der Waals surface area contributed by atoms with Crippen LogP contribution in [0, 0.1) is 6.92 Å². The lowest BCUT2D eigenvalue weighted by molar-refractivity contribution is 1.21. The van der Waals surface area contributed by atoms with Crippen LogP contribution in [0.2, 0.25) is 5.02 Å². The summed E-state index contributed by atoms with van der Waals surface area (Å²) < 4.78 is 0. The number of nitrogens with one attached hydrogen (secondary N) is 1. The first kappa shape index (κ1) is 10.2. The standard InChI is InChI=1S/C12H13ClN2/c1-3-14-11-4-5-15-12-8(2)6-9(13)7-10(11)12/h4-7H,3H2,1-2H3,(H,14,15). The minimum atomic E-state index is 0.757. The van der Waals surface area contributed by atoms with E-state index in [2.05, 4.69) is 17.2 Å². The summed E-state index contributed by atoms with van der Waals surface area (Å²) in [6, 6.07) is 5.86. The molecule has 0 radical (unpaired) electrons. The van der Waals surface area contributed by atoms with E-state index in [0.717, 1.165) is 33.7 Å². The van der Waals surface area contributed by atoms with E-state index < -0.39 is 0 Å². The van der Waals surface area contributed by atoms with E-state index in [0.29, 0.717) is 0 Å². The van der Waals surface area contributed by atoms with E-state index >= 15 is 0 Å². The van der Waals surface area contributed by atoms with Gasteiger partial charge in [-0.3, -0.25) is 4.98 Å². The fraction of sp³-hybridized carbons (Fsp3) is 0.250. The molecule has 2 aromatic rings. The van der Waals surface area contributed by atoms with Gasteiger partial charge in [-0.05, 0) is 37.6 Å². The van der Waals surface area contributed by atoms with Crippen molar-refractivity contribution in [3.05, 3.63) is 35.0 Å². The minimum absolute atomic E-state index is 0.757. The Morgan fingerprint density at radius 3 is 2.93 bits per heavy atom. The van der Waals surface area contributed by atoms with E-state index in [1.165, 1.54) is 0 Å². The molecular weight excluding hydrogens is 208 g/mol. The maximum absolute atomic E-state index is 6.04. The van der Waals surface area contributed by atoms with Crippen molar-refractivity contribution in [1.82, 2.24) is 4.98 Å². The molecule has 0 aliphatic carbocycles. The molecule has 0 spiro atoms. The molecule has 0 amide bonds. The molecule has 0 unspecified atom stereocenters. The first-order chi connectivity index (χ1) is 7.22. The number of benzene rings is 1. The molecule has 1 aromatic carbocycles. The summed E-state index contributed by atoms with van der Waals surface area (Å²) in [5.74, 6) is 0. The van der Waals surface area contributed by atoms with Crippen molar-refractivity contribution >= 4 is 28.2 Å². The van der Waals surface area contributed by atoms with Crippen molar-refractivity contribution in [3.8, 4) is 0 Å². The van der Waals surface area contributed by atoms with Crippen LogP contribution in [-0.2, 0) is 0 Å². The maximum Gasteiger partial charge on any atom is 0.0752 e. The number of nitrogens with zero attached hydrogens (tertiary/aromatic N) is 1. The predicted molar refractivity (Wildman–Crippen MR) is 65.7 cm³/mol. The van der Waals surface area contributed by atoms with Gasteiger partial charge >= 0.3 is 0 Å². The zero-order chi connectivity index (χ0) is 10.8. The summed E-state index contributed by atoms with van der Waals surface area (Å²) in [7, 11) is 0. The van der Waals surface area contributed by atoms with Crippen LogP contribution >= 0.6 is 11.6 Å². The second-order valence-electron chi connectivity index (χ2n) is 3.51. The van der Waals surface area contributed by atoms with Crippen LogP contribution in [0.15, 0.2) is 24.4 Å². The number of aromatic nitrogens is 1. The topological polar surface area (TPSA) is 24.9 Å². The van der Waals surface area contributed by atoms with E-state index in [1.807, 2.05) is 31.3 Å². The zero-order valence-electron chi connectivity index (χ0n) is 8.84. The molecule has 0 saturated carbocycles. The molecule has 0 aliphatic rings. The first-order valence-corrected chi connectivity index (χ1v) is 5.39. The number of halogens is 1. The van der Waals surface area contributed by atoms with Gasteiger partial charge in [0, 0.05) is 28.8 Å². The van der Waals surface area contributed by atoms with Gasteiger partial charge in [0.25, 0.3) is 0 Å². The lowest BCUT2D eigenvalue weighted by Crippen LogP contribution is -1.98. The summed E-state index contributed by atoms with van der Waals surface area (Å²) in [5, 5.41) is 5.15. The lowest BCUT2D eigenvalue weighted by atomic mass is 10.1. The third-order valence-electron chi connectivity index (χ3n) is 2.37. The molecule has 2 rings (SSSR count). The molecule has 2 nitrogen and oxygen atoms in total. The molecule has 0 atom stereocenters. The molecule has 0 bridgehead atoms.